The van der Waals surface area contributed by atoms with Gasteiger partial charge in [-0.1, -0.05) is 106 Å². The van der Waals surface area contributed by atoms with E-state index in [2.05, 4.69) is 159 Å². The molecule has 0 radical (unpaired) electrons. The van der Waals surface area contributed by atoms with Crippen molar-refractivity contribution in [3.8, 4) is 22.8 Å². The highest BCUT2D eigenvalue weighted by atomic mass is 16.5. The number of benzene rings is 5. The SMILES string of the molecule is CC(C)(C)c1ccnc(-c2cccc(Oc3cccc(C4(c5ccccn5)c5ccccc5N(c5ccccc5)c5ccccc54)c3)c2)c1. The van der Waals surface area contributed by atoms with E-state index in [1.165, 1.54) is 5.56 Å². The van der Waals surface area contributed by atoms with E-state index in [4.69, 9.17) is 14.7 Å². The highest BCUT2D eigenvalue weighted by Crippen LogP contribution is 2.57. The number of hydrogen-bond acceptors (Lipinski definition) is 4. The molecule has 49 heavy (non-hydrogen) atoms. The average molecular weight is 636 g/mol. The summed E-state index contributed by atoms with van der Waals surface area (Å²) < 4.78 is 6.66. The molecule has 0 saturated heterocycles. The van der Waals surface area contributed by atoms with Crippen molar-refractivity contribution in [2.45, 2.75) is 31.6 Å². The minimum Gasteiger partial charge on any atom is -0.457 e. The van der Waals surface area contributed by atoms with Gasteiger partial charge in [-0.2, -0.15) is 0 Å². The maximum absolute atomic E-state index is 6.66. The molecule has 238 valence electrons. The molecule has 2 aromatic heterocycles. The fourth-order valence-corrected chi connectivity index (χ4v) is 7.12. The van der Waals surface area contributed by atoms with E-state index in [-0.39, 0.29) is 5.41 Å². The number of aromatic nitrogens is 2. The van der Waals surface area contributed by atoms with E-state index >= 15 is 0 Å². The lowest BCUT2D eigenvalue weighted by Gasteiger charge is -2.45. The summed E-state index contributed by atoms with van der Waals surface area (Å²) in [6.07, 6.45) is 3.78. The van der Waals surface area contributed by atoms with Crippen LogP contribution in [0, 0.1) is 0 Å². The van der Waals surface area contributed by atoms with Gasteiger partial charge in [0.05, 0.1) is 28.2 Å². The Kier molecular flexibility index (Phi) is 7.57. The van der Waals surface area contributed by atoms with Crippen molar-refractivity contribution in [1.29, 1.82) is 0 Å². The summed E-state index contributed by atoms with van der Waals surface area (Å²) in [4.78, 5) is 12.1. The van der Waals surface area contributed by atoms with Gasteiger partial charge in [0.2, 0.25) is 0 Å². The van der Waals surface area contributed by atoms with Crippen LogP contribution in [0.25, 0.3) is 11.3 Å². The fraction of sp³-hybridized carbons (Fsp3) is 0.111. The van der Waals surface area contributed by atoms with Crippen molar-refractivity contribution in [1.82, 2.24) is 9.97 Å². The molecule has 1 aliphatic rings. The van der Waals surface area contributed by atoms with Crippen LogP contribution in [0.5, 0.6) is 11.5 Å². The van der Waals surface area contributed by atoms with Gasteiger partial charge in [0.15, 0.2) is 0 Å². The molecule has 0 atom stereocenters. The Morgan fingerprint density at radius 3 is 1.90 bits per heavy atom. The van der Waals surface area contributed by atoms with Crippen molar-refractivity contribution in [3.63, 3.8) is 0 Å². The molecule has 0 fully saturated rings. The molecule has 0 saturated carbocycles. The van der Waals surface area contributed by atoms with Crippen molar-refractivity contribution < 1.29 is 4.74 Å². The summed E-state index contributed by atoms with van der Waals surface area (Å²) in [6.45, 7) is 6.66. The summed E-state index contributed by atoms with van der Waals surface area (Å²) in [5.41, 5.74) is 10.2. The third-order valence-electron chi connectivity index (χ3n) is 9.42. The average Bonchev–Trinajstić information content (AvgIpc) is 3.14. The van der Waals surface area contributed by atoms with Crippen LogP contribution in [0.2, 0.25) is 0 Å². The number of fused-ring (bicyclic) bond motifs is 2. The Morgan fingerprint density at radius 2 is 1.20 bits per heavy atom. The molecule has 7 aromatic rings. The quantitative estimate of drug-likeness (QED) is 0.182. The molecule has 0 spiro atoms. The number of ether oxygens (including phenoxy) is 1. The lowest BCUT2D eigenvalue weighted by atomic mass is 9.64. The fourth-order valence-electron chi connectivity index (χ4n) is 7.12. The number of anilines is 3. The van der Waals surface area contributed by atoms with Crippen LogP contribution in [-0.4, -0.2) is 9.97 Å². The van der Waals surface area contributed by atoms with Crippen LogP contribution in [0.1, 0.15) is 48.7 Å². The zero-order valence-corrected chi connectivity index (χ0v) is 27.9. The zero-order valence-electron chi connectivity index (χ0n) is 27.9. The third kappa shape index (κ3) is 5.36. The molecule has 5 aromatic carbocycles. The standard InChI is InChI=1S/C45H37N3O/c1-44(2,3)33-26-28-46-40(31-33)32-15-13-19-36(29-32)49-37-20-14-16-34(30-37)45(43-25-11-12-27-47-43)38-21-7-9-23-41(38)48(35-17-5-4-6-18-35)42-24-10-8-22-39(42)45/h4-31H,1-3H3. The lowest BCUT2D eigenvalue weighted by molar-refractivity contribution is 0.481. The van der Waals surface area contributed by atoms with Crippen LogP contribution < -0.4 is 9.64 Å². The number of rotatable bonds is 6. The molecule has 4 heteroatoms. The molecule has 0 N–H and O–H groups in total. The van der Waals surface area contributed by atoms with E-state index in [0.29, 0.717) is 0 Å². The largest absolute Gasteiger partial charge is 0.457 e. The van der Waals surface area contributed by atoms with Crippen LogP contribution in [-0.2, 0) is 10.8 Å². The van der Waals surface area contributed by atoms with Crippen molar-refractivity contribution in [3.05, 3.63) is 198 Å². The molecule has 0 unspecified atom stereocenters. The van der Waals surface area contributed by atoms with E-state index in [1.54, 1.807) is 0 Å². The Morgan fingerprint density at radius 1 is 0.551 bits per heavy atom. The van der Waals surface area contributed by atoms with Gasteiger partial charge in [-0.25, -0.2) is 0 Å². The second kappa shape index (κ2) is 12.2. The summed E-state index contributed by atoms with van der Waals surface area (Å²) in [5.74, 6) is 1.51. The Balaban J connectivity index is 1.28. The van der Waals surface area contributed by atoms with E-state index in [0.717, 1.165) is 62.2 Å². The first-order valence-corrected chi connectivity index (χ1v) is 16.7. The molecular formula is C45H37N3O. The van der Waals surface area contributed by atoms with Gasteiger partial charge in [0.1, 0.15) is 11.5 Å². The number of para-hydroxylation sites is 3. The molecule has 3 heterocycles. The molecule has 0 amide bonds. The number of pyridine rings is 2. The van der Waals surface area contributed by atoms with Gasteiger partial charge in [0, 0.05) is 23.6 Å². The number of nitrogens with zero attached hydrogens (tertiary/aromatic N) is 3. The smallest absolute Gasteiger partial charge is 0.128 e. The molecule has 8 rings (SSSR count). The van der Waals surface area contributed by atoms with Crippen LogP contribution in [0.4, 0.5) is 17.1 Å². The Bertz CT molecular complexity index is 2210. The summed E-state index contributed by atoms with van der Waals surface area (Å²) in [6, 6.07) is 55.1. The van der Waals surface area contributed by atoms with E-state index in [1.807, 2.05) is 36.7 Å². The molecule has 4 nitrogen and oxygen atoms in total. The molecule has 0 aliphatic carbocycles. The summed E-state index contributed by atoms with van der Waals surface area (Å²) in [5, 5.41) is 0. The molecule has 0 bridgehead atoms. The predicted molar refractivity (Wildman–Crippen MR) is 199 cm³/mol. The van der Waals surface area contributed by atoms with Crippen LogP contribution in [0.15, 0.2) is 170 Å². The first-order valence-electron chi connectivity index (χ1n) is 16.7. The van der Waals surface area contributed by atoms with Crippen molar-refractivity contribution >= 4 is 17.1 Å². The Hall–Kier alpha value is -6.00. The molecular weight excluding hydrogens is 599 g/mol. The van der Waals surface area contributed by atoms with E-state index < -0.39 is 5.41 Å². The topological polar surface area (TPSA) is 38.3 Å². The predicted octanol–water partition coefficient (Wildman–Crippen LogP) is 11.4. The third-order valence-corrected chi connectivity index (χ3v) is 9.42. The number of hydrogen-bond donors (Lipinski definition) is 0. The summed E-state index contributed by atoms with van der Waals surface area (Å²) >= 11 is 0. The minimum atomic E-state index is -0.710. The van der Waals surface area contributed by atoms with Gasteiger partial charge in [-0.3, -0.25) is 9.97 Å². The first kappa shape index (κ1) is 30.3. The highest BCUT2D eigenvalue weighted by molar-refractivity contribution is 5.89. The summed E-state index contributed by atoms with van der Waals surface area (Å²) in [7, 11) is 0. The van der Waals surface area contributed by atoms with Crippen molar-refractivity contribution in [2.24, 2.45) is 0 Å². The van der Waals surface area contributed by atoms with Crippen LogP contribution in [0.3, 0.4) is 0 Å². The maximum atomic E-state index is 6.66. The van der Waals surface area contributed by atoms with Crippen LogP contribution >= 0.6 is 0 Å². The van der Waals surface area contributed by atoms with Crippen molar-refractivity contribution in [2.75, 3.05) is 4.90 Å². The highest BCUT2D eigenvalue weighted by Gasteiger charge is 2.47. The van der Waals surface area contributed by atoms with Gasteiger partial charge < -0.3 is 9.64 Å². The normalized spacial score (nSPS) is 13.3. The Labute approximate surface area is 288 Å². The van der Waals surface area contributed by atoms with Gasteiger partial charge >= 0.3 is 0 Å². The zero-order chi connectivity index (χ0) is 33.4. The van der Waals surface area contributed by atoms with Gasteiger partial charge in [0.25, 0.3) is 0 Å². The molecule has 1 aliphatic heterocycles. The first-order chi connectivity index (χ1) is 23.9. The van der Waals surface area contributed by atoms with Gasteiger partial charge in [-0.05, 0) is 100 Å². The second-order valence-electron chi connectivity index (χ2n) is 13.5. The second-order valence-corrected chi connectivity index (χ2v) is 13.5. The monoisotopic (exact) mass is 635 g/mol. The maximum Gasteiger partial charge on any atom is 0.128 e. The lowest BCUT2D eigenvalue weighted by Crippen LogP contribution is -2.38. The minimum absolute atomic E-state index is 0.0320. The van der Waals surface area contributed by atoms with Gasteiger partial charge in [-0.15, -0.1) is 0 Å². The van der Waals surface area contributed by atoms with E-state index in [9.17, 15) is 0 Å².